The first kappa shape index (κ1) is 17.1. The first-order valence-corrected chi connectivity index (χ1v) is 9.46. The third-order valence-corrected chi connectivity index (χ3v) is 5.88. The lowest BCUT2D eigenvalue weighted by Gasteiger charge is -2.16. The number of hydrogen-bond donors (Lipinski definition) is 2. The van der Waals surface area contributed by atoms with Crippen LogP contribution in [0.4, 0.5) is 20.2 Å². The average Bonchev–Trinajstić information content (AvgIpc) is 3.16. The molecule has 0 bridgehead atoms. The largest absolute Gasteiger partial charge is 0.349 e. The molecule has 2 heterocycles. The number of benzene rings is 2. The smallest absolute Gasteiger partial charge is 0.288 e. The zero-order valence-electron chi connectivity index (χ0n) is 13.3. The Bertz CT molecular complexity index is 901. The number of rotatable bonds is 3. The minimum atomic E-state index is -2.49. The summed E-state index contributed by atoms with van der Waals surface area (Å²) in [5.74, 6) is -2.58. The number of halogens is 2. The molecule has 1 amide bonds. The summed E-state index contributed by atoms with van der Waals surface area (Å²) in [7, 11) is 0. The maximum Gasteiger partial charge on any atom is 0.288 e. The third-order valence-electron chi connectivity index (χ3n) is 4.03. The molecule has 2 aliphatic heterocycles. The molecule has 4 rings (SSSR count). The molecule has 0 radical (unpaired) electrons. The van der Waals surface area contributed by atoms with Crippen LogP contribution >= 0.6 is 23.5 Å². The highest BCUT2D eigenvalue weighted by atomic mass is 32.2. The number of nitrogens with zero attached hydrogens (tertiary/aromatic N) is 1. The van der Waals surface area contributed by atoms with Crippen molar-refractivity contribution in [3.63, 3.8) is 0 Å². The van der Waals surface area contributed by atoms with Crippen molar-refractivity contribution < 1.29 is 13.6 Å². The highest BCUT2D eigenvalue weighted by Gasteiger charge is 2.35. The highest BCUT2D eigenvalue weighted by Crippen LogP contribution is 2.44. The predicted octanol–water partition coefficient (Wildman–Crippen LogP) is 5.14. The quantitative estimate of drug-likeness (QED) is 0.714. The van der Waals surface area contributed by atoms with Crippen molar-refractivity contribution in [2.45, 2.75) is 22.0 Å². The molecule has 0 saturated carbocycles. The number of para-hydroxylation sites is 1. The molecule has 2 N–H and O–H groups in total. The second-order valence-electron chi connectivity index (χ2n) is 5.66. The van der Waals surface area contributed by atoms with E-state index >= 15 is 0 Å². The topological polar surface area (TPSA) is 56.2 Å². The van der Waals surface area contributed by atoms with Gasteiger partial charge in [-0.05, 0) is 36.4 Å². The van der Waals surface area contributed by atoms with Gasteiger partial charge >= 0.3 is 0 Å². The molecule has 0 spiro atoms. The van der Waals surface area contributed by atoms with Crippen molar-refractivity contribution in [3.05, 3.63) is 59.1 Å². The van der Waals surface area contributed by atoms with Gasteiger partial charge in [0.25, 0.3) is 5.76 Å². The zero-order chi connectivity index (χ0) is 18.3. The first-order valence-electron chi connectivity index (χ1n) is 7.77. The third kappa shape index (κ3) is 3.10. The number of carbonyl (C=O) groups is 1. The normalized spacial score (nSPS) is 19.3. The van der Waals surface area contributed by atoms with Crippen molar-refractivity contribution in [2.75, 3.05) is 10.2 Å². The van der Waals surface area contributed by atoms with Crippen molar-refractivity contribution >= 4 is 46.6 Å². The molecule has 0 atom stereocenters. The Hall–Kier alpha value is -2.32. The summed E-state index contributed by atoms with van der Waals surface area (Å²) < 4.78 is 24.9. The van der Waals surface area contributed by atoms with E-state index in [1.165, 1.54) is 28.8 Å². The lowest BCUT2D eigenvalue weighted by Crippen LogP contribution is -2.28. The Balaban J connectivity index is 1.60. The van der Waals surface area contributed by atoms with E-state index < -0.39 is 5.76 Å². The highest BCUT2D eigenvalue weighted by molar-refractivity contribution is 8.03. The second-order valence-corrected chi connectivity index (χ2v) is 7.77. The summed E-state index contributed by atoms with van der Waals surface area (Å²) in [5.41, 5.74) is 2.11. The number of amides is 1. The number of fused-ring (bicyclic) bond motifs is 1. The van der Waals surface area contributed by atoms with E-state index in [1.54, 1.807) is 12.1 Å². The average molecular weight is 389 g/mol. The van der Waals surface area contributed by atoms with Crippen LogP contribution < -0.4 is 10.2 Å². The van der Waals surface area contributed by atoms with Crippen molar-refractivity contribution in [2.24, 2.45) is 0 Å². The fraction of sp³-hybridized carbons (Fsp3) is 0.111. The van der Waals surface area contributed by atoms with Crippen LogP contribution in [0.25, 0.3) is 0 Å². The van der Waals surface area contributed by atoms with Gasteiger partial charge in [-0.3, -0.25) is 15.1 Å². The van der Waals surface area contributed by atoms with E-state index in [1.807, 2.05) is 24.3 Å². The van der Waals surface area contributed by atoms with E-state index in [0.717, 1.165) is 15.6 Å². The molecule has 0 aliphatic carbocycles. The van der Waals surface area contributed by atoms with E-state index in [-0.39, 0.29) is 18.2 Å². The van der Waals surface area contributed by atoms with Crippen LogP contribution in [-0.4, -0.2) is 17.5 Å². The Morgan fingerprint density at radius 3 is 2.58 bits per heavy atom. The summed E-state index contributed by atoms with van der Waals surface area (Å²) in [4.78, 5) is 15.3. The van der Waals surface area contributed by atoms with Crippen molar-refractivity contribution in [3.8, 4) is 0 Å². The molecule has 1 saturated heterocycles. The molecule has 2 aromatic rings. The molecule has 4 nitrogen and oxygen atoms in total. The summed E-state index contributed by atoms with van der Waals surface area (Å²) in [6, 6.07) is 14.1. The molecule has 1 fully saturated rings. The van der Waals surface area contributed by atoms with Gasteiger partial charge in [0, 0.05) is 15.4 Å². The number of amidine groups is 1. The van der Waals surface area contributed by atoms with Gasteiger partial charge in [0.1, 0.15) is 5.84 Å². The van der Waals surface area contributed by atoms with Gasteiger partial charge in [-0.15, -0.1) is 0 Å². The SMILES string of the molecule is N=C1/C(=C2/Nc3ccccc3S2)CC(=O)N1c1ccc(SC(F)F)cc1. The molecule has 26 heavy (non-hydrogen) atoms. The zero-order valence-corrected chi connectivity index (χ0v) is 15.0. The fourth-order valence-electron chi connectivity index (χ4n) is 2.86. The van der Waals surface area contributed by atoms with Crippen LogP contribution in [0, 0.1) is 5.41 Å². The van der Waals surface area contributed by atoms with Gasteiger partial charge in [-0.2, -0.15) is 8.78 Å². The van der Waals surface area contributed by atoms with Crippen LogP contribution in [0.1, 0.15) is 6.42 Å². The Labute approximate surface area is 157 Å². The summed E-state index contributed by atoms with van der Waals surface area (Å²) in [6.07, 6.45) is 0.135. The van der Waals surface area contributed by atoms with Crippen LogP contribution in [0.2, 0.25) is 0 Å². The molecule has 2 aromatic carbocycles. The summed E-state index contributed by atoms with van der Waals surface area (Å²) in [5, 5.41) is 12.5. The van der Waals surface area contributed by atoms with E-state index in [2.05, 4.69) is 5.32 Å². The number of nitrogens with one attached hydrogen (secondary N) is 2. The van der Waals surface area contributed by atoms with E-state index in [9.17, 15) is 13.6 Å². The van der Waals surface area contributed by atoms with Crippen LogP contribution in [0.15, 0.2) is 68.9 Å². The van der Waals surface area contributed by atoms with Gasteiger partial charge in [0.05, 0.1) is 22.8 Å². The monoisotopic (exact) mass is 389 g/mol. The maximum atomic E-state index is 12.5. The van der Waals surface area contributed by atoms with Crippen molar-refractivity contribution in [1.82, 2.24) is 0 Å². The van der Waals surface area contributed by atoms with Crippen LogP contribution in [0.3, 0.4) is 0 Å². The molecular weight excluding hydrogens is 376 g/mol. The molecule has 8 heteroatoms. The van der Waals surface area contributed by atoms with Gasteiger partial charge in [0.15, 0.2) is 0 Å². The van der Waals surface area contributed by atoms with Crippen molar-refractivity contribution in [1.29, 1.82) is 5.41 Å². The summed E-state index contributed by atoms with van der Waals surface area (Å²) >= 11 is 1.96. The van der Waals surface area contributed by atoms with E-state index in [0.29, 0.717) is 27.9 Å². The Morgan fingerprint density at radius 1 is 1.15 bits per heavy atom. The lowest BCUT2D eigenvalue weighted by atomic mass is 10.2. The molecular formula is C18H13F2N3OS2. The maximum absolute atomic E-state index is 12.5. The minimum Gasteiger partial charge on any atom is -0.349 e. The number of anilines is 2. The number of thioether (sulfide) groups is 2. The van der Waals surface area contributed by atoms with Gasteiger partial charge in [-0.1, -0.05) is 35.7 Å². The number of carbonyl (C=O) groups excluding carboxylic acids is 1. The lowest BCUT2D eigenvalue weighted by molar-refractivity contribution is -0.116. The number of hydrogen-bond acceptors (Lipinski definition) is 5. The Morgan fingerprint density at radius 2 is 1.88 bits per heavy atom. The van der Waals surface area contributed by atoms with Crippen LogP contribution in [-0.2, 0) is 4.79 Å². The first-order chi connectivity index (χ1) is 12.5. The molecule has 0 unspecified atom stereocenters. The standard InChI is InChI=1S/C18H13F2N3OS2/c19-18(20)25-11-7-5-10(6-8-11)23-15(24)9-12(16(23)21)17-22-13-3-1-2-4-14(13)26-17/h1-8,18,21-22H,9H2/b17-12-,21-16?. The molecule has 132 valence electrons. The summed E-state index contributed by atoms with van der Waals surface area (Å²) in [6.45, 7) is 0. The Kier molecular flexibility index (Phi) is 4.46. The second kappa shape index (κ2) is 6.77. The molecule has 2 aliphatic rings. The van der Waals surface area contributed by atoms with Gasteiger partial charge < -0.3 is 5.32 Å². The van der Waals surface area contributed by atoms with Crippen LogP contribution in [0.5, 0.6) is 0 Å². The fourth-order valence-corrected chi connectivity index (χ4v) is 4.41. The van der Waals surface area contributed by atoms with Gasteiger partial charge in [0.2, 0.25) is 5.91 Å². The molecule has 0 aromatic heterocycles. The number of alkyl halides is 2. The van der Waals surface area contributed by atoms with Gasteiger partial charge in [-0.25, -0.2) is 0 Å². The minimum absolute atomic E-state index is 0.118. The predicted molar refractivity (Wildman–Crippen MR) is 101 cm³/mol. The van der Waals surface area contributed by atoms with E-state index in [4.69, 9.17) is 5.41 Å².